The molecule has 2 N–H and O–H groups in total. The van der Waals surface area contributed by atoms with E-state index >= 15 is 0 Å². The molecule has 0 fully saturated rings. The highest BCUT2D eigenvalue weighted by atomic mass is 19.1. The molecule has 0 saturated carbocycles. The van der Waals surface area contributed by atoms with Crippen LogP contribution in [0.25, 0.3) is 0 Å². The lowest BCUT2D eigenvalue weighted by atomic mass is 9.92. The molecule has 0 aromatic heterocycles. The van der Waals surface area contributed by atoms with Crippen molar-refractivity contribution < 1.29 is 23.8 Å². The van der Waals surface area contributed by atoms with Gasteiger partial charge in [-0.15, -0.1) is 0 Å². The van der Waals surface area contributed by atoms with E-state index in [0.29, 0.717) is 17.0 Å². The molecular formula is C18H18FNO4. The number of methoxy groups -OCH3 is 1. The number of hydrogen-bond donors (Lipinski definition) is 2. The van der Waals surface area contributed by atoms with Crippen molar-refractivity contribution in [1.82, 2.24) is 0 Å². The lowest BCUT2D eigenvalue weighted by Gasteiger charge is -2.15. The quantitative estimate of drug-likeness (QED) is 0.815. The molecule has 1 amide bonds. The SMILES string of the molecule is COc1cccc(NC(=O)CC(CC(=O)O)c2ccc(F)cc2)c1. The molecular weight excluding hydrogens is 313 g/mol. The number of benzene rings is 2. The van der Waals surface area contributed by atoms with Crippen LogP contribution < -0.4 is 10.1 Å². The Labute approximate surface area is 139 Å². The van der Waals surface area contributed by atoms with Crippen molar-refractivity contribution in [2.75, 3.05) is 12.4 Å². The zero-order chi connectivity index (χ0) is 17.5. The van der Waals surface area contributed by atoms with E-state index in [1.165, 1.54) is 31.4 Å². The number of aliphatic carboxylic acids is 1. The van der Waals surface area contributed by atoms with E-state index in [9.17, 15) is 14.0 Å². The first-order valence-corrected chi connectivity index (χ1v) is 7.39. The molecule has 0 saturated heterocycles. The maximum atomic E-state index is 13.0. The summed E-state index contributed by atoms with van der Waals surface area (Å²) in [5.74, 6) is -1.67. The van der Waals surface area contributed by atoms with Gasteiger partial charge in [-0.05, 0) is 29.8 Å². The molecule has 2 aromatic rings. The van der Waals surface area contributed by atoms with E-state index < -0.39 is 17.7 Å². The summed E-state index contributed by atoms with van der Waals surface area (Å²) < 4.78 is 18.1. The van der Waals surface area contributed by atoms with Crippen molar-refractivity contribution in [3.8, 4) is 5.75 Å². The zero-order valence-electron chi connectivity index (χ0n) is 13.2. The molecule has 0 radical (unpaired) electrons. The van der Waals surface area contributed by atoms with E-state index in [4.69, 9.17) is 9.84 Å². The third kappa shape index (κ3) is 5.08. The lowest BCUT2D eigenvalue weighted by Crippen LogP contribution is -2.17. The molecule has 1 atom stereocenters. The van der Waals surface area contributed by atoms with Crippen molar-refractivity contribution in [3.63, 3.8) is 0 Å². The molecule has 0 aliphatic carbocycles. The fourth-order valence-electron chi connectivity index (χ4n) is 2.39. The fraction of sp³-hybridized carbons (Fsp3) is 0.222. The van der Waals surface area contributed by atoms with Crippen LogP contribution in [-0.2, 0) is 9.59 Å². The number of rotatable bonds is 7. The molecule has 1 unspecified atom stereocenters. The summed E-state index contributed by atoms with van der Waals surface area (Å²) in [7, 11) is 1.53. The first-order valence-electron chi connectivity index (χ1n) is 7.39. The van der Waals surface area contributed by atoms with Crippen molar-refractivity contribution in [2.24, 2.45) is 0 Å². The normalized spacial score (nSPS) is 11.6. The predicted octanol–water partition coefficient (Wildman–Crippen LogP) is 3.42. The number of carboxylic acids is 1. The van der Waals surface area contributed by atoms with Crippen LogP contribution in [0.5, 0.6) is 5.75 Å². The van der Waals surface area contributed by atoms with Gasteiger partial charge in [-0.25, -0.2) is 4.39 Å². The number of nitrogens with one attached hydrogen (secondary N) is 1. The Kier molecular flexibility index (Phi) is 5.89. The van der Waals surface area contributed by atoms with Crippen LogP contribution in [-0.4, -0.2) is 24.1 Å². The molecule has 5 nitrogen and oxygen atoms in total. The topological polar surface area (TPSA) is 75.6 Å². The Balaban J connectivity index is 2.08. The minimum absolute atomic E-state index is 0.0187. The number of ether oxygens (including phenoxy) is 1. The maximum absolute atomic E-state index is 13.0. The van der Waals surface area contributed by atoms with Crippen LogP contribution >= 0.6 is 0 Å². The number of anilines is 1. The minimum Gasteiger partial charge on any atom is -0.497 e. The number of halogens is 1. The Morgan fingerprint density at radius 1 is 1.17 bits per heavy atom. The van der Waals surface area contributed by atoms with Gasteiger partial charge in [-0.2, -0.15) is 0 Å². The number of carbonyl (C=O) groups excluding carboxylic acids is 1. The summed E-state index contributed by atoms with van der Waals surface area (Å²) >= 11 is 0. The van der Waals surface area contributed by atoms with E-state index in [1.54, 1.807) is 24.3 Å². The summed E-state index contributed by atoms with van der Waals surface area (Å²) in [5.41, 5.74) is 1.17. The van der Waals surface area contributed by atoms with E-state index in [2.05, 4.69) is 5.32 Å². The Bertz CT molecular complexity index is 715. The van der Waals surface area contributed by atoms with Crippen LogP contribution in [0.3, 0.4) is 0 Å². The third-order valence-corrected chi connectivity index (χ3v) is 3.55. The standard InChI is InChI=1S/C18H18FNO4/c1-24-16-4-2-3-15(11-16)20-17(21)9-13(10-18(22)23)12-5-7-14(19)8-6-12/h2-8,11,13H,9-10H2,1H3,(H,20,21)(H,22,23). The largest absolute Gasteiger partial charge is 0.497 e. The van der Waals surface area contributed by atoms with Gasteiger partial charge in [-0.1, -0.05) is 18.2 Å². The first kappa shape index (κ1) is 17.5. The van der Waals surface area contributed by atoms with E-state index in [0.717, 1.165) is 0 Å². The van der Waals surface area contributed by atoms with Crippen LogP contribution in [0.15, 0.2) is 48.5 Å². The van der Waals surface area contributed by atoms with Crippen LogP contribution in [0.2, 0.25) is 0 Å². The van der Waals surface area contributed by atoms with Gasteiger partial charge >= 0.3 is 5.97 Å². The number of hydrogen-bond acceptors (Lipinski definition) is 3. The van der Waals surface area contributed by atoms with Crippen molar-refractivity contribution in [1.29, 1.82) is 0 Å². The highest BCUT2D eigenvalue weighted by molar-refractivity contribution is 5.91. The number of carbonyl (C=O) groups is 2. The van der Waals surface area contributed by atoms with E-state index in [-0.39, 0.29) is 18.7 Å². The second-order valence-corrected chi connectivity index (χ2v) is 5.33. The summed E-state index contributed by atoms with van der Waals surface area (Å²) in [4.78, 5) is 23.3. The first-order chi connectivity index (χ1) is 11.5. The maximum Gasteiger partial charge on any atom is 0.303 e. The van der Waals surface area contributed by atoms with Crippen LogP contribution in [0, 0.1) is 5.82 Å². The monoisotopic (exact) mass is 331 g/mol. The minimum atomic E-state index is -1.02. The summed E-state index contributed by atoms with van der Waals surface area (Å²) in [5, 5.41) is 11.8. The molecule has 0 aliphatic rings. The molecule has 6 heteroatoms. The lowest BCUT2D eigenvalue weighted by molar-refractivity contribution is -0.137. The molecule has 0 bridgehead atoms. The second-order valence-electron chi connectivity index (χ2n) is 5.33. The van der Waals surface area contributed by atoms with Gasteiger partial charge in [0.15, 0.2) is 0 Å². The Morgan fingerprint density at radius 2 is 1.88 bits per heavy atom. The van der Waals surface area contributed by atoms with Gasteiger partial charge in [0, 0.05) is 24.1 Å². The van der Waals surface area contributed by atoms with Gasteiger partial charge in [0.05, 0.1) is 13.5 Å². The van der Waals surface area contributed by atoms with Gasteiger partial charge in [0.25, 0.3) is 0 Å². The van der Waals surface area contributed by atoms with Crippen LogP contribution in [0.1, 0.15) is 24.3 Å². The van der Waals surface area contributed by atoms with Crippen molar-refractivity contribution in [2.45, 2.75) is 18.8 Å². The highest BCUT2D eigenvalue weighted by Gasteiger charge is 2.19. The molecule has 0 aliphatic heterocycles. The average Bonchev–Trinajstić information content (AvgIpc) is 2.54. The van der Waals surface area contributed by atoms with E-state index in [1.807, 2.05) is 0 Å². The summed E-state index contributed by atoms with van der Waals surface area (Å²) in [6, 6.07) is 12.4. The summed E-state index contributed by atoms with van der Waals surface area (Å²) in [6.07, 6.45) is -0.230. The third-order valence-electron chi connectivity index (χ3n) is 3.55. The molecule has 2 aromatic carbocycles. The fourth-order valence-corrected chi connectivity index (χ4v) is 2.39. The average molecular weight is 331 g/mol. The molecule has 126 valence electrons. The Hall–Kier alpha value is -2.89. The highest BCUT2D eigenvalue weighted by Crippen LogP contribution is 2.25. The van der Waals surface area contributed by atoms with Crippen LogP contribution in [0.4, 0.5) is 10.1 Å². The Morgan fingerprint density at radius 3 is 2.50 bits per heavy atom. The number of amides is 1. The molecule has 0 heterocycles. The number of carboxylic acid groups (broad SMARTS) is 1. The zero-order valence-corrected chi connectivity index (χ0v) is 13.2. The van der Waals surface area contributed by atoms with Crippen molar-refractivity contribution in [3.05, 3.63) is 59.9 Å². The summed E-state index contributed by atoms with van der Waals surface area (Å²) in [6.45, 7) is 0. The molecule has 0 spiro atoms. The molecule has 2 rings (SSSR count). The van der Waals surface area contributed by atoms with Gasteiger partial charge in [-0.3, -0.25) is 9.59 Å². The molecule has 24 heavy (non-hydrogen) atoms. The predicted molar refractivity (Wildman–Crippen MR) is 87.6 cm³/mol. The van der Waals surface area contributed by atoms with Gasteiger partial charge in [0.2, 0.25) is 5.91 Å². The van der Waals surface area contributed by atoms with Gasteiger partial charge in [0.1, 0.15) is 11.6 Å². The second kappa shape index (κ2) is 8.10. The van der Waals surface area contributed by atoms with Crippen molar-refractivity contribution >= 4 is 17.6 Å². The smallest absolute Gasteiger partial charge is 0.303 e. The van der Waals surface area contributed by atoms with Gasteiger partial charge < -0.3 is 15.2 Å².